The summed E-state index contributed by atoms with van der Waals surface area (Å²) in [5.41, 5.74) is 10.0. The maximum atomic E-state index is 11.6. The molecule has 10 rings (SSSR count). The van der Waals surface area contributed by atoms with E-state index < -0.39 is 0 Å². The molecule has 0 fully saturated rings. The molecule has 12 nitrogen and oxygen atoms in total. The van der Waals surface area contributed by atoms with Crippen molar-refractivity contribution in [3.05, 3.63) is 155 Å². The van der Waals surface area contributed by atoms with Crippen molar-refractivity contribution in [2.45, 2.75) is 89.9 Å². The van der Waals surface area contributed by atoms with Crippen LogP contribution >= 0.6 is 31.9 Å². The number of carbonyl (C=O) groups excluding carboxylic acids is 5. The Kier molecular flexibility index (Phi) is 19.2. The number of hydrogen-bond acceptors (Lipinski definition) is 11. The van der Waals surface area contributed by atoms with Crippen molar-refractivity contribution < 1.29 is 47.7 Å². The zero-order valence-electron chi connectivity index (χ0n) is 40.6. The third-order valence-corrected chi connectivity index (χ3v) is 14.3. The van der Waals surface area contributed by atoms with Gasteiger partial charge in [-0.05, 0) is 172 Å². The number of methoxy groups -OCH3 is 5. The molecule has 5 aromatic carbocycles. The summed E-state index contributed by atoms with van der Waals surface area (Å²) >= 11 is 6.86. The van der Waals surface area contributed by atoms with E-state index in [1.54, 1.807) is 46.6 Å². The molecule has 0 atom stereocenters. The SMILES string of the molecule is COc1cc2c(cc1Br)C(=O)CCC2.COc1ccc2c(c1)CCCC2=O.COc1ccc2c(c1Br)CCCC2=O.COc1ccc2c(c1C#N)C[CH+]CC2=O.[C-]#[N+]c1cc2c(cc1OC)CCCC2=O. The molecule has 0 saturated carbocycles. The molecule has 0 heterocycles. The van der Waals surface area contributed by atoms with Crippen molar-refractivity contribution in [1.82, 2.24) is 0 Å². The molecule has 0 N–H and O–H groups in total. The monoisotopic (exact) mass is 1090 g/mol. The number of aryl methyl sites for hydroxylation is 3. The second-order valence-corrected chi connectivity index (χ2v) is 18.7. The highest BCUT2D eigenvalue weighted by Crippen LogP contribution is 2.37. The number of rotatable bonds is 5. The highest BCUT2D eigenvalue weighted by atomic mass is 79.9. The maximum Gasteiger partial charge on any atom is 0.228 e. The zero-order chi connectivity index (χ0) is 51.2. The molecule has 71 heavy (non-hydrogen) atoms. The van der Waals surface area contributed by atoms with Gasteiger partial charge in [-0.15, -0.1) is 0 Å². The van der Waals surface area contributed by atoms with E-state index in [0.717, 1.165) is 122 Å². The summed E-state index contributed by atoms with van der Waals surface area (Å²) in [6.45, 7) is 7.00. The summed E-state index contributed by atoms with van der Waals surface area (Å²) < 4.78 is 27.5. The second kappa shape index (κ2) is 25.4. The van der Waals surface area contributed by atoms with Crippen LogP contribution in [-0.4, -0.2) is 64.5 Å². The van der Waals surface area contributed by atoms with Crippen molar-refractivity contribution in [2.75, 3.05) is 35.5 Å². The van der Waals surface area contributed by atoms with E-state index in [4.69, 9.17) is 35.5 Å². The van der Waals surface area contributed by atoms with Crippen LogP contribution in [0, 0.1) is 24.3 Å². The van der Waals surface area contributed by atoms with Gasteiger partial charge in [-0.2, -0.15) is 5.26 Å². The average Bonchev–Trinajstić information content (AvgIpc) is 3.39. The van der Waals surface area contributed by atoms with Crippen molar-refractivity contribution >= 4 is 66.5 Å². The molecule has 5 aliphatic rings. The summed E-state index contributed by atoms with van der Waals surface area (Å²) in [5, 5.41) is 9.04. The molecule has 0 amide bonds. The van der Waals surface area contributed by atoms with Gasteiger partial charge in [0.15, 0.2) is 29.6 Å². The molecule has 0 radical (unpaired) electrons. The van der Waals surface area contributed by atoms with Gasteiger partial charge in [0.2, 0.25) is 11.5 Å². The number of carbonyl (C=O) groups is 5. The number of Topliss-reactive ketones (excluding diaryl/α,β-unsaturated/α-hetero) is 5. The number of nitriles is 1. The molecule has 0 aromatic heterocycles. The molecule has 0 spiro atoms. The summed E-state index contributed by atoms with van der Waals surface area (Å²) in [7, 11) is 7.98. The molecular weight excluding hydrogens is 1030 g/mol. The largest absolute Gasteiger partial charge is 0.508 e. The van der Waals surface area contributed by atoms with Crippen molar-refractivity contribution in [1.29, 1.82) is 5.26 Å². The van der Waals surface area contributed by atoms with Crippen molar-refractivity contribution in [2.24, 2.45) is 0 Å². The Morgan fingerprint density at radius 2 is 1.00 bits per heavy atom. The predicted octanol–water partition coefficient (Wildman–Crippen LogP) is 12.8. The first-order chi connectivity index (χ1) is 34.3. The third-order valence-electron chi connectivity index (χ3n) is 12.8. The quantitative estimate of drug-likeness (QED) is 0.154. The average molecular weight is 1090 g/mol. The fourth-order valence-electron chi connectivity index (χ4n) is 9.12. The summed E-state index contributed by atoms with van der Waals surface area (Å²) in [6.07, 6.45) is 13.3. The summed E-state index contributed by atoms with van der Waals surface area (Å²) in [5.74, 6) is 4.54. The summed E-state index contributed by atoms with van der Waals surface area (Å²) in [6, 6.07) is 22.2. The lowest BCUT2D eigenvalue weighted by Gasteiger charge is -2.17. The van der Waals surface area contributed by atoms with Crippen LogP contribution < -0.4 is 23.7 Å². The molecule has 0 saturated heterocycles. The number of benzene rings is 5. The fraction of sp³-hybridized carbons (Fsp3) is 0.333. The molecule has 14 heteroatoms. The van der Waals surface area contributed by atoms with Crippen LogP contribution in [0.15, 0.2) is 75.7 Å². The smallest absolute Gasteiger partial charge is 0.228 e. The minimum absolute atomic E-state index is 0.0791. The number of ketones is 5. The topological polar surface area (TPSA) is 160 Å². The van der Waals surface area contributed by atoms with Gasteiger partial charge in [-0.3, -0.25) is 24.0 Å². The van der Waals surface area contributed by atoms with Crippen molar-refractivity contribution in [3.63, 3.8) is 0 Å². The van der Waals surface area contributed by atoms with Gasteiger partial charge >= 0.3 is 0 Å². The molecular formula is C57H55Br2N2O10+. The first kappa shape index (κ1) is 53.6. The molecule has 5 aromatic rings. The van der Waals surface area contributed by atoms with Crippen LogP contribution in [0.2, 0.25) is 0 Å². The fourth-order valence-corrected chi connectivity index (χ4v) is 10.3. The Balaban J connectivity index is 0.000000145. The predicted molar refractivity (Wildman–Crippen MR) is 277 cm³/mol. The zero-order valence-corrected chi connectivity index (χ0v) is 43.7. The van der Waals surface area contributed by atoms with Gasteiger partial charge < -0.3 is 23.7 Å². The second-order valence-electron chi connectivity index (χ2n) is 17.1. The van der Waals surface area contributed by atoms with E-state index in [0.29, 0.717) is 72.4 Å². The Hall–Kier alpha value is -6.74. The van der Waals surface area contributed by atoms with Crippen LogP contribution in [0.4, 0.5) is 5.69 Å². The van der Waals surface area contributed by atoms with E-state index >= 15 is 0 Å². The van der Waals surface area contributed by atoms with Gasteiger partial charge in [-0.25, -0.2) is 4.85 Å². The van der Waals surface area contributed by atoms with Gasteiger partial charge in [0.1, 0.15) is 46.8 Å². The number of hydrogen-bond donors (Lipinski definition) is 0. The standard InChI is InChI=1S/C12H11NO2.C12H10NO2.2C11H11BrO2.C11H12O2/c1-13-10-7-9-8(6-12(10)15-2)4-3-5-11(9)14;1-15-12-6-5-9-8(10(12)7-13)3-2-4-11(9)14;1-14-11-5-7-3-2-4-10(13)8(7)6-9(11)12;1-14-10-6-5-7-8(11(10)12)3-2-4-9(7)13;1-13-9-5-6-10-8(7-9)3-2-4-11(10)12/h6-7H,3-5H2,2H3;2,5-6H,3-4H2,1H3;2*5-6H,2-4H2,1H3;5-7H,2-4H2,1H3/q;+1;;;. The Labute approximate surface area is 432 Å². The Morgan fingerprint density at radius 1 is 0.507 bits per heavy atom. The van der Waals surface area contributed by atoms with Crippen LogP contribution in [0.1, 0.15) is 143 Å². The lowest BCUT2D eigenvalue weighted by molar-refractivity contribution is 0.0964. The number of halogens is 2. The van der Waals surface area contributed by atoms with Crippen molar-refractivity contribution in [3.8, 4) is 34.8 Å². The van der Waals surface area contributed by atoms with Crippen LogP contribution in [0.25, 0.3) is 4.85 Å². The van der Waals surface area contributed by atoms with Gasteiger partial charge in [0, 0.05) is 59.1 Å². The number of fused-ring (bicyclic) bond motifs is 5. The molecule has 366 valence electrons. The minimum Gasteiger partial charge on any atom is -0.508 e. The number of ether oxygens (including phenoxy) is 5. The van der Waals surface area contributed by atoms with Crippen LogP contribution in [0.3, 0.4) is 0 Å². The van der Waals surface area contributed by atoms with Crippen LogP contribution in [-0.2, 0) is 32.1 Å². The third kappa shape index (κ3) is 12.8. The number of nitrogens with zero attached hydrogens (tertiary/aromatic N) is 2. The van der Waals surface area contributed by atoms with Gasteiger partial charge in [0.05, 0.1) is 57.5 Å². The summed E-state index contributed by atoms with van der Waals surface area (Å²) in [4.78, 5) is 61.1. The maximum absolute atomic E-state index is 11.6. The molecule has 5 aliphatic carbocycles. The molecule has 0 unspecified atom stereocenters. The Bertz CT molecular complexity index is 2920. The Morgan fingerprint density at radius 3 is 1.56 bits per heavy atom. The van der Waals surface area contributed by atoms with E-state index in [2.05, 4.69) is 42.8 Å². The van der Waals surface area contributed by atoms with E-state index in [9.17, 15) is 24.0 Å². The highest BCUT2D eigenvalue weighted by Gasteiger charge is 2.28. The highest BCUT2D eigenvalue weighted by molar-refractivity contribution is 9.11. The lowest BCUT2D eigenvalue weighted by atomic mass is 9.87. The minimum atomic E-state index is 0.0791. The van der Waals surface area contributed by atoms with E-state index in [1.165, 1.54) is 7.11 Å². The van der Waals surface area contributed by atoms with Crippen LogP contribution in [0.5, 0.6) is 28.7 Å². The first-order valence-electron chi connectivity index (χ1n) is 23.4. The lowest BCUT2D eigenvalue weighted by Crippen LogP contribution is -2.13. The van der Waals surface area contributed by atoms with Gasteiger partial charge in [0.25, 0.3) is 0 Å². The first-order valence-corrected chi connectivity index (χ1v) is 24.9. The van der Waals surface area contributed by atoms with E-state index in [-0.39, 0.29) is 28.9 Å². The molecule has 0 bridgehead atoms. The molecule has 0 aliphatic heterocycles. The van der Waals surface area contributed by atoms with E-state index in [1.807, 2.05) is 55.0 Å². The van der Waals surface area contributed by atoms with Gasteiger partial charge in [-0.1, -0.05) is 0 Å². The normalized spacial score (nSPS) is 14.7.